The highest BCUT2D eigenvalue weighted by Crippen LogP contribution is 2.37. The van der Waals surface area contributed by atoms with Gasteiger partial charge in [-0.15, -0.1) is 11.3 Å². The van der Waals surface area contributed by atoms with E-state index in [0.29, 0.717) is 10.6 Å². The summed E-state index contributed by atoms with van der Waals surface area (Å²) in [5.74, 6) is 0.184. The molecule has 0 fully saturated rings. The van der Waals surface area contributed by atoms with E-state index in [2.05, 4.69) is 27.9 Å². The Kier molecular flexibility index (Phi) is 5.69. The maximum atomic E-state index is 12.6. The molecule has 0 saturated heterocycles. The average molecular weight is 411 g/mol. The van der Waals surface area contributed by atoms with Gasteiger partial charge in [-0.3, -0.25) is 4.79 Å². The predicted octanol–water partition coefficient (Wildman–Crippen LogP) is 4.99. The van der Waals surface area contributed by atoms with Crippen LogP contribution < -0.4 is 5.32 Å². The first-order chi connectivity index (χ1) is 13.7. The first-order valence-corrected chi connectivity index (χ1v) is 11.4. The Morgan fingerprint density at radius 1 is 1.32 bits per heavy atom. The topological polar surface area (TPSA) is 70.7 Å². The fourth-order valence-electron chi connectivity index (χ4n) is 3.71. The summed E-state index contributed by atoms with van der Waals surface area (Å²) in [6.07, 6.45) is 5.45. The number of fused-ring (bicyclic) bond motifs is 2. The number of carbonyl (C=O) groups is 1. The molecule has 2 aromatic heterocycles. The minimum atomic E-state index is -0.0902. The van der Waals surface area contributed by atoms with Gasteiger partial charge in [-0.05, 0) is 50.3 Å². The third kappa shape index (κ3) is 3.67. The lowest BCUT2D eigenvalue weighted by atomic mass is 10.1. The number of thioether (sulfide) groups is 1. The van der Waals surface area contributed by atoms with Crippen LogP contribution in [0.15, 0.2) is 29.4 Å². The molecular formula is C21H22N4OS2. The molecule has 144 valence electrons. The molecule has 1 aliphatic rings. The summed E-state index contributed by atoms with van der Waals surface area (Å²) in [4.78, 5) is 18.5. The molecule has 0 atom stereocenters. The zero-order valence-corrected chi connectivity index (χ0v) is 17.5. The molecule has 4 rings (SSSR count). The predicted molar refractivity (Wildman–Crippen MR) is 115 cm³/mol. The van der Waals surface area contributed by atoms with Crippen LogP contribution in [0.1, 0.15) is 42.2 Å². The van der Waals surface area contributed by atoms with E-state index in [0.717, 1.165) is 54.0 Å². The highest BCUT2D eigenvalue weighted by Gasteiger charge is 2.21. The molecule has 0 saturated carbocycles. The molecule has 0 radical (unpaired) electrons. The number of hydrogen-bond donors (Lipinski definition) is 1. The number of para-hydroxylation sites is 2. The Morgan fingerprint density at radius 3 is 2.96 bits per heavy atom. The van der Waals surface area contributed by atoms with E-state index in [-0.39, 0.29) is 11.7 Å². The molecule has 3 aromatic rings. The van der Waals surface area contributed by atoms with Crippen molar-refractivity contribution in [3.8, 4) is 6.07 Å². The lowest BCUT2D eigenvalue weighted by molar-refractivity contribution is -0.113. The largest absolute Gasteiger partial charge is 0.319 e. The number of anilines is 1. The maximum absolute atomic E-state index is 12.6. The van der Waals surface area contributed by atoms with E-state index >= 15 is 0 Å². The van der Waals surface area contributed by atoms with Gasteiger partial charge in [0.05, 0.1) is 22.3 Å². The van der Waals surface area contributed by atoms with Gasteiger partial charge in [-0.25, -0.2) is 4.98 Å². The second kappa shape index (κ2) is 8.38. The number of nitriles is 1. The Labute approximate surface area is 172 Å². The van der Waals surface area contributed by atoms with Gasteiger partial charge in [0.15, 0.2) is 5.16 Å². The molecule has 7 heteroatoms. The van der Waals surface area contributed by atoms with E-state index in [1.807, 2.05) is 24.3 Å². The molecule has 0 aliphatic heterocycles. The summed E-state index contributed by atoms with van der Waals surface area (Å²) < 4.78 is 2.13. The van der Waals surface area contributed by atoms with Crippen molar-refractivity contribution >= 4 is 45.0 Å². The summed E-state index contributed by atoms with van der Waals surface area (Å²) in [5.41, 5.74) is 3.85. The smallest absolute Gasteiger partial charge is 0.235 e. The van der Waals surface area contributed by atoms with E-state index in [4.69, 9.17) is 0 Å². The van der Waals surface area contributed by atoms with Gasteiger partial charge >= 0.3 is 0 Å². The number of carbonyl (C=O) groups excluding carboxylic acids is 1. The summed E-state index contributed by atoms with van der Waals surface area (Å²) in [6, 6.07) is 10.3. The summed E-state index contributed by atoms with van der Waals surface area (Å²) in [6.45, 7) is 2.89. The van der Waals surface area contributed by atoms with Crippen molar-refractivity contribution in [1.82, 2.24) is 9.55 Å². The molecule has 1 amide bonds. The Balaban J connectivity index is 1.48. The second-order valence-electron chi connectivity index (χ2n) is 6.84. The highest BCUT2D eigenvalue weighted by molar-refractivity contribution is 7.99. The number of aryl methyl sites for hydroxylation is 2. The monoisotopic (exact) mass is 410 g/mol. The highest BCUT2D eigenvalue weighted by atomic mass is 32.2. The van der Waals surface area contributed by atoms with Crippen molar-refractivity contribution in [1.29, 1.82) is 5.26 Å². The van der Waals surface area contributed by atoms with E-state index in [1.165, 1.54) is 23.1 Å². The summed E-state index contributed by atoms with van der Waals surface area (Å²) in [7, 11) is 0. The van der Waals surface area contributed by atoms with Crippen LogP contribution in [0.3, 0.4) is 0 Å². The zero-order valence-electron chi connectivity index (χ0n) is 15.8. The van der Waals surface area contributed by atoms with Gasteiger partial charge in [0.1, 0.15) is 11.1 Å². The molecule has 2 heterocycles. The van der Waals surface area contributed by atoms with Crippen LogP contribution in [-0.4, -0.2) is 21.2 Å². The van der Waals surface area contributed by atoms with Gasteiger partial charge in [0.25, 0.3) is 0 Å². The number of imidazole rings is 1. The van der Waals surface area contributed by atoms with Crippen LogP contribution >= 0.6 is 23.1 Å². The van der Waals surface area contributed by atoms with E-state index in [9.17, 15) is 10.1 Å². The third-order valence-corrected chi connectivity index (χ3v) is 7.24. The number of rotatable bonds is 5. The van der Waals surface area contributed by atoms with Crippen LogP contribution in [0.5, 0.6) is 0 Å². The lowest BCUT2D eigenvalue weighted by Gasteiger charge is -2.06. The fraction of sp³-hybridized carbons (Fsp3) is 0.381. The zero-order chi connectivity index (χ0) is 19.5. The number of aromatic nitrogens is 2. The van der Waals surface area contributed by atoms with Gasteiger partial charge in [0.2, 0.25) is 5.91 Å². The number of nitrogens with zero attached hydrogens (tertiary/aromatic N) is 3. The van der Waals surface area contributed by atoms with Crippen molar-refractivity contribution in [2.75, 3.05) is 11.1 Å². The lowest BCUT2D eigenvalue weighted by Crippen LogP contribution is -2.14. The summed E-state index contributed by atoms with van der Waals surface area (Å²) >= 11 is 3.01. The van der Waals surface area contributed by atoms with Crippen molar-refractivity contribution < 1.29 is 4.79 Å². The molecule has 1 aliphatic carbocycles. The Morgan fingerprint density at radius 2 is 2.14 bits per heavy atom. The summed E-state index contributed by atoms with van der Waals surface area (Å²) in [5, 5.41) is 14.2. The molecule has 0 spiro atoms. The number of amides is 1. The number of thiophene rings is 1. The third-order valence-electron chi connectivity index (χ3n) is 5.05. The number of benzene rings is 1. The Bertz CT molecular complexity index is 1060. The van der Waals surface area contributed by atoms with Crippen molar-refractivity contribution in [3.63, 3.8) is 0 Å². The van der Waals surface area contributed by atoms with Gasteiger partial charge in [0, 0.05) is 11.4 Å². The molecule has 28 heavy (non-hydrogen) atoms. The van der Waals surface area contributed by atoms with Crippen LogP contribution in [0, 0.1) is 11.3 Å². The maximum Gasteiger partial charge on any atom is 0.235 e. The first-order valence-electron chi connectivity index (χ1n) is 9.63. The molecule has 1 aromatic carbocycles. The minimum Gasteiger partial charge on any atom is -0.319 e. The van der Waals surface area contributed by atoms with Gasteiger partial charge in [-0.2, -0.15) is 5.26 Å². The quantitative estimate of drug-likeness (QED) is 0.475. The van der Waals surface area contributed by atoms with Gasteiger partial charge in [-0.1, -0.05) is 30.3 Å². The van der Waals surface area contributed by atoms with E-state index < -0.39 is 0 Å². The van der Waals surface area contributed by atoms with E-state index in [1.54, 1.807) is 11.3 Å². The SMILES string of the molecule is CCn1c(SCC(=O)Nc2sc3c(c2C#N)CCCCC3)nc2ccccc21. The van der Waals surface area contributed by atoms with Crippen LogP contribution in [0.4, 0.5) is 5.00 Å². The van der Waals surface area contributed by atoms with Crippen molar-refractivity contribution in [2.24, 2.45) is 0 Å². The van der Waals surface area contributed by atoms with Crippen LogP contribution in [0.2, 0.25) is 0 Å². The second-order valence-corrected chi connectivity index (χ2v) is 8.89. The van der Waals surface area contributed by atoms with Gasteiger partial charge < -0.3 is 9.88 Å². The number of hydrogen-bond acceptors (Lipinski definition) is 5. The van der Waals surface area contributed by atoms with Crippen LogP contribution in [0.25, 0.3) is 11.0 Å². The normalized spacial score (nSPS) is 13.7. The number of nitrogens with one attached hydrogen (secondary N) is 1. The average Bonchev–Trinajstić information content (AvgIpc) is 3.13. The van der Waals surface area contributed by atoms with Crippen molar-refractivity contribution in [2.45, 2.75) is 50.7 Å². The minimum absolute atomic E-state index is 0.0902. The van der Waals surface area contributed by atoms with Crippen LogP contribution in [-0.2, 0) is 24.2 Å². The Hall–Kier alpha value is -2.30. The standard InChI is InChI=1S/C21H22N4OS2/c1-2-25-17-10-7-6-9-16(17)23-21(25)27-13-19(26)24-20-15(12-22)14-8-4-3-5-11-18(14)28-20/h6-7,9-10H,2-5,8,11,13H2,1H3,(H,24,26). The fourth-order valence-corrected chi connectivity index (χ4v) is 5.85. The molecule has 0 unspecified atom stereocenters. The van der Waals surface area contributed by atoms with Crippen molar-refractivity contribution in [3.05, 3.63) is 40.3 Å². The molecule has 5 nitrogen and oxygen atoms in total. The molecular weight excluding hydrogens is 388 g/mol. The first kappa shape index (κ1) is 19.0. The molecule has 0 bridgehead atoms. The molecule has 1 N–H and O–H groups in total.